The van der Waals surface area contributed by atoms with Crippen LogP contribution in [-0.4, -0.2) is 18.9 Å². The number of Topliss-reactive ketones (excluding diaryl/α,β-unsaturated/α-hetero) is 1. The first-order valence-corrected chi connectivity index (χ1v) is 6.74. The third-order valence-electron chi connectivity index (χ3n) is 2.80. The van der Waals surface area contributed by atoms with Gasteiger partial charge < -0.3 is 5.32 Å². The average molecular weight is 237 g/mol. The SMILES string of the molecule is O=C1CCNCC1c1cc2ccsc2s1. The molecule has 0 amide bonds. The second-order valence-corrected chi connectivity index (χ2v) is 6.04. The minimum atomic E-state index is 0.100. The Hall–Kier alpha value is -0.710. The summed E-state index contributed by atoms with van der Waals surface area (Å²) in [6, 6.07) is 4.30. The van der Waals surface area contributed by atoms with Crippen LogP contribution in [0, 0.1) is 0 Å². The van der Waals surface area contributed by atoms with Crippen LogP contribution in [0.5, 0.6) is 0 Å². The van der Waals surface area contributed by atoms with Crippen molar-refractivity contribution in [1.82, 2.24) is 5.32 Å². The van der Waals surface area contributed by atoms with Crippen LogP contribution in [0.2, 0.25) is 0 Å². The van der Waals surface area contributed by atoms with Crippen molar-refractivity contribution in [2.24, 2.45) is 0 Å². The molecule has 1 unspecified atom stereocenters. The predicted octanol–water partition coefficient (Wildman–Crippen LogP) is 2.61. The van der Waals surface area contributed by atoms with Gasteiger partial charge in [0.05, 0.1) is 9.93 Å². The van der Waals surface area contributed by atoms with Crippen molar-refractivity contribution in [2.45, 2.75) is 12.3 Å². The Labute approximate surface area is 95.9 Å². The minimum Gasteiger partial charge on any atom is -0.315 e. The number of carbonyl (C=O) groups is 1. The summed E-state index contributed by atoms with van der Waals surface area (Å²) in [4.78, 5) is 13.0. The fraction of sp³-hybridized carbons (Fsp3) is 0.364. The van der Waals surface area contributed by atoms with Crippen molar-refractivity contribution >= 4 is 37.9 Å². The monoisotopic (exact) mass is 237 g/mol. The summed E-state index contributed by atoms with van der Waals surface area (Å²) in [5, 5.41) is 6.68. The number of piperidine rings is 1. The molecule has 1 aliphatic heterocycles. The summed E-state index contributed by atoms with van der Waals surface area (Å²) >= 11 is 3.53. The van der Waals surface area contributed by atoms with Crippen molar-refractivity contribution < 1.29 is 4.79 Å². The van der Waals surface area contributed by atoms with Crippen LogP contribution in [0.4, 0.5) is 0 Å². The third-order valence-corrected chi connectivity index (χ3v) is 5.12. The maximum absolute atomic E-state index is 11.8. The summed E-state index contributed by atoms with van der Waals surface area (Å²) in [5.41, 5.74) is 0. The van der Waals surface area contributed by atoms with Crippen LogP contribution in [0.1, 0.15) is 17.2 Å². The molecular weight excluding hydrogens is 226 g/mol. The molecule has 0 bridgehead atoms. The Balaban J connectivity index is 1.98. The number of thiophene rings is 2. The number of carbonyl (C=O) groups excluding carboxylic acids is 1. The van der Waals surface area contributed by atoms with E-state index in [0.29, 0.717) is 12.2 Å². The highest BCUT2D eigenvalue weighted by atomic mass is 32.2. The summed E-state index contributed by atoms with van der Waals surface area (Å²) in [6.45, 7) is 1.65. The van der Waals surface area contributed by atoms with Crippen molar-refractivity contribution in [2.75, 3.05) is 13.1 Å². The Kier molecular flexibility index (Phi) is 2.35. The van der Waals surface area contributed by atoms with Crippen LogP contribution in [0.15, 0.2) is 17.5 Å². The first-order chi connectivity index (χ1) is 7.34. The van der Waals surface area contributed by atoms with Gasteiger partial charge in [-0.05, 0) is 17.5 Å². The number of ketones is 1. The van der Waals surface area contributed by atoms with Crippen LogP contribution in [0.3, 0.4) is 0 Å². The van der Waals surface area contributed by atoms with E-state index >= 15 is 0 Å². The summed E-state index contributed by atoms with van der Waals surface area (Å²) in [5.74, 6) is 0.492. The molecule has 1 saturated heterocycles. The number of hydrogen-bond acceptors (Lipinski definition) is 4. The zero-order chi connectivity index (χ0) is 10.3. The highest BCUT2D eigenvalue weighted by Gasteiger charge is 2.25. The summed E-state index contributed by atoms with van der Waals surface area (Å²) in [6.07, 6.45) is 0.677. The Morgan fingerprint density at radius 3 is 3.20 bits per heavy atom. The standard InChI is InChI=1S/C11H11NOS2/c13-9-1-3-12-6-8(9)10-5-7-2-4-14-11(7)15-10/h2,4-5,8,12H,1,3,6H2. The largest absolute Gasteiger partial charge is 0.315 e. The Morgan fingerprint density at radius 1 is 1.47 bits per heavy atom. The Morgan fingerprint density at radius 2 is 2.40 bits per heavy atom. The van der Waals surface area contributed by atoms with Gasteiger partial charge >= 0.3 is 0 Å². The van der Waals surface area contributed by atoms with Gasteiger partial charge in [0, 0.05) is 29.8 Å². The molecule has 0 spiro atoms. The molecule has 2 aromatic rings. The van der Waals surface area contributed by atoms with Crippen LogP contribution in [0.25, 0.3) is 9.40 Å². The van der Waals surface area contributed by atoms with Crippen molar-refractivity contribution in [1.29, 1.82) is 0 Å². The molecule has 4 heteroatoms. The van der Waals surface area contributed by atoms with E-state index in [9.17, 15) is 4.79 Å². The molecular formula is C11H11NOS2. The molecule has 2 aromatic heterocycles. The van der Waals surface area contributed by atoms with Crippen LogP contribution >= 0.6 is 22.7 Å². The van der Waals surface area contributed by atoms with E-state index in [-0.39, 0.29) is 5.92 Å². The molecule has 1 fully saturated rings. The van der Waals surface area contributed by atoms with Gasteiger partial charge in [-0.2, -0.15) is 0 Å². The van der Waals surface area contributed by atoms with Gasteiger partial charge in [-0.15, -0.1) is 22.7 Å². The molecule has 0 radical (unpaired) electrons. The predicted molar refractivity (Wildman–Crippen MR) is 64.9 cm³/mol. The zero-order valence-corrected chi connectivity index (χ0v) is 9.79. The molecule has 0 saturated carbocycles. The molecule has 78 valence electrons. The molecule has 3 rings (SSSR count). The summed E-state index contributed by atoms with van der Waals surface area (Å²) < 4.78 is 1.34. The lowest BCUT2D eigenvalue weighted by Gasteiger charge is -2.20. The van der Waals surface area contributed by atoms with Crippen molar-refractivity contribution in [3.8, 4) is 0 Å². The molecule has 3 heterocycles. The molecule has 1 atom stereocenters. The normalized spacial score (nSPS) is 22.4. The summed E-state index contributed by atoms with van der Waals surface area (Å²) in [7, 11) is 0. The Bertz CT molecular complexity index is 471. The van der Waals surface area contributed by atoms with E-state index in [1.807, 2.05) is 0 Å². The van der Waals surface area contributed by atoms with E-state index in [0.717, 1.165) is 13.1 Å². The highest BCUT2D eigenvalue weighted by molar-refractivity contribution is 7.37. The van der Waals surface area contributed by atoms with E-state index in [4.69, 9.17) is 0 Å². The van der Waals surface area contributed by atoms with Gasteiger partial charge in [0.1, 0.15) is 5.78 Å². The van der Waals surface area contributed by atoms with Gasteiger partial charge in [0.15, 0.2) is 0 Å². The number of rotatable bonds is 1. The second kappa shape index (κ2) is 3.70. The maximum Gasteiger partial charge on any atom is 0.143 e. The fourth-order valence-corrected chi connectivity index (χ4v) is 4.21. The molecule has 0 aromatic carbocycles. The zero-order valence-electron chi connectivity index (χ0n) is 8.16. The lowest BCUT2D eigenvalue weighted by atomic mass is 9.96. The first kappa shape index (κ1) is 9.51. The molecule has 15 heavy (non-hydrogen) atoms. The maximum atomic E-state index is 11.8. The van der Waals surface area contributed by atoms with Gasteiger partial charge in [-0.1, -0.05) is 0 Å². The molecule has 2 nitrogen and oxygen atoms in total. The third kappa shape index (κ3) is 1.62. The number of hydrogen-bond donors (Lipinski definition) is 1. The fourth-order valence-electron chi connectivity index (χ4n) is 1.96. The van der Waals surface area contributed by atoms with Crippen LogP contribution in [-0.2, 0) is 4.79 Å². The lowest BCUT2D eigenvalue weighted by Crippen LogP contribution is -2.34. The van der Waals surface area contributed by atoms with E-state index in [1.165, 1.54) is 14.3 Å². The van der Waals surface area contributed by atoms with Gasteiger partial charge in [0.2, 0.25) is 0 Å². The van der Waals surface area contributed by atoms with E-state index in [1.54, 1.807) is 22.7 Å². The van der Waals surface area contributed by atoms with Gasteiger partial charge in [-0.3, -0.25) is 4.79 Å². The van der Waals surface area contributed by atoms with Crippen LogP contribution < -0.4 is 5.32 Å². The highest BCUT2D eigenvalue weighted by Crippen LogP contribution is 2.35. The first-order valence-electron chi connectivity index (χ1n) is 5.05. The van der Waals surface area contributed by atoms with E-state index < -0.39 is 0 Å². The molecule has 1 N–H and O–H groups in total. The van der Waals surface area contributed by atoms with Gasteiger partial charge in [-0.25, -0.2) is 0 Å². The van der Waals surface area contributed by atoms with Gasteiger partial charge in [0.25, 0.3) is 0 Å². The molecule has 0 aliphatic carbocycles. The second-order valence-electron chi connectivity index (χ2n) is 3.79. The average Bonchev–Trinajstić information content (AvgIpc) is 2.77. The number of nitrogens with one attached hydrogen (secondary N) is 1. The number of fused-ring (bicyclic) bond motifs is 1. The quantitative estimate of drug-likeness (QED) is 0.826. The molecule has 1 aliphatic rings. The topological polar surface area (TPSA) is 29.1 Å². The van der Waals surface area contributed by atoms with E-state index in [2.05, 4.69) is 22.8 Å². The lowest BCUT2D eigenvalue weighted by molar-refractivity contribution is -0.121. The minimum absolute atomic E-state index is 0.100. The smallest absolute Gasteiger partial charge is 0.143 e. The van der Waals surface area contributed by atoms with Crippen molar-refractivity contribution in [3.63, 3.8) is 0 Å². The van der Waals surface area contributed by atoms with Crippen molar-refractivity contribution in [3.05, 3.63) is 22.4 Å².